The molecule has 2 saturated heterocycles. The van der Waals surface area contributed by atoms with Crippen LogP contribution in [0.3, 0.4) is 0 Å². The number of aliphatic carboxylic acids is 1. The molecule has 340 valence electrons. The van der Waals surface area contributed by atoms with E-state index in [1.54, 1.807) is 19.0 Å². The molecule has 0 unspecified atom stereocenters. The maximum absolute atomic E-state index is 13.6. The number of anilines is 4. The first-order valence-corrected chi connectivity index (χ1v) is 20.0. The zero-order valence-corrected chi connectivity index (χ0v) is 36.3. The number of methoxy groups -OCH3 is 2. The molecular formula is C42H56F2N12O7. The minimum Gasteiger partial charge on any atom is -0.496 e. The Morgan fingerprint density at radius 3 is 1.52 bits per heavy atom. The zero-order chi connectivity index (χ0) is 46.2. The number of nitrogens with zero attached hydrogens (tertiary/aromatic N) is 7. The van der Waals surface area contributed by atoms with Gasteiger partial charge in [0.05, 0.1) is 49.6 Å². The number of carboxylic acids is 1. The van der Waals surface area contributed by atoms with Crippen molar-refractivity contribution in [2.24, 2.45) is 0 Å². The van der Waals surface area contributed by atoms with Gasteiger partial charge < -0.3 is 51.8 Å². The number of carbonyl (C=O) groups excluding carboxylic acids is 3. The van der Waals surface area contributed by atoms with Crippen molar-refractivity contribution in [1.29, 1.82) is 0 Å². The molecule has 0 saturated carbocycles. The molecule has 19 nitrogen and oxygen atoms in total. The second-order valence-electron chi connectivity index (χ2n) is 15.2. The van der Waals surface area contributed by atoms with Crippen LogP contribution >= 0.6 is 0 Å². The Morgan fingerprint density at radius 1 is 0.730 bits per heavy atom. The number of likely N-dealkylation sites (N-methyl/N-ethyl adjacent to an activating group) is 2. The average molecular weight is 879 g/mol. The van der Waals surface area contributed by atoms with E-state index in [0.29, 0.717) is 31.5 Å². The second kappa shape index (κ2) is 23.6. The van der Waals surface area contributed by atoms with E-state index in [1.807, 2.05) is 23.9 Å². The van der Waals surface area contributed by atoms with E-state index in [-0.39, 0.29) is 69.9 Å². The number of ketones is 2. The smallest absolute Gasteiger partial charge is 0.317 e. The van der Waals surface area contributed by atoms with Crippen molar-refractivity contribution in [3.63, 3.8) is 0 Å². The summed E-state index contributed by atoms with van der Waals surface area (Å²) in [6.45, 7) is 3.67. The lowest BCUT2D eigenvalue weighted by Crippen LogP contribution is -2.45. The summed E-state index contributed by atoms with van der Waals surface area (Å²) in [7, 11) is 9.98. The van der Waals surface area contributed by atoms with Gasteiger partial charge in [0, 0.05) is 37.6 Å². The van der Waals surface area contributed by atoms with Crippen LogP contribution in [-0.4, -0.2) is 157 Å². The van der Waals surface area contributed by atoms with E-state index in [0.717, 1.165) is 50.9 Å². The molecule has 0 radical (unpaired) electrons. The quantitative estimate of drug-likeness (QED) is 0.0996. The number of ether oxygens (including phenoxy) is 2. The highest BCUT2D eigenvalue weighted by Gasteiger charge is 2.25. The van der Waals surface area contributed by atoms with E-state index < -0.39 is 29.2 Å². The normalized spacial score (nSPS) is 14.2. The summed E-state index contributed by atoms with van der Waals surface area (Å²) < 4.78 is 37.4. The second-order valence-corrected chi connectivity index (χ2v) is 15.2. The SMILES string of the molecule is CN(C)CC(=O)O.COc1ccc(F)cc1C(=O)c1cnc(NC2CCN(C(=O)CN(C)C)CC2)nc1N.COc1ccc(F)cc1C(=O)c1cnc(NC2CCNCC2)nc1N. The topological polar surface area (TPSA) is 256 Å². The number of halogens is 2. The molecular weight excluding hydrogens is 823 g/mol. The molecule has 0 spiro atoms. The maximum atomic E-state index is 13.6. The highest BCUT2D eigenvalue weighted by molar-refractivity contribution is 6.13. The number of likely N-dealkylation sites (tertiary alicyclic amines) is 1. The number of nitrogen functional groups attached to an aromatic ring is 2. The monoisotopic (exact) mass is 878 g/mol. The molecule has 4 aromatic rings. The summed E-state index contributed by atoms with van der Waals surface area (Å²) in [4.78, 5) is 69.5. The number of benzene rings is 2. The lowest BCUT2D eigenvalue weighted by molar-refractivity contribution is -0.137. The third-order valence-corrected chi connectivity index (χ3v) is 9.69. The van der Waals surface area contributed by atoms with Crippen molar-refractivity contribution >= 4 is 47.0 Å². The van der Waals surface area contributed by atoms with Crippen LogP contribution in [0.4, 0.5) is 32.3 Å². The molecule has 2 aliphatic rings. The molecule has 0 aliphatic carbocycles. The number of aromatic nitrogens is 4. The molecule has 4 heterocycles. The van der Waals surface area contributed by atoms with E-state index in [4.69, 9.17) is 26.0 Å². The van der Waals surface area contributed by atoms with Crippen molar-refractivity contribution in [2.45, 2.75) is 37.8 Å². The van der Waals surface area contributed by atoms with Gasteiger partial charge >= 0.3 is 5.97 Å². The summed E-state index contributed by atoms with van der Waals surface area (Å²) in [5, 5.41) is 17.8. The lowest BCUT2D eigenvalue weighted by atomic mass is 10.0. The van der Waals surface area contributed by atoms with Crippen LogP contribution in [0.5, 0.6) is 11.5 Å². The molecule has 8 N–H and O–H groups in total. The Hall–Kier alpha value is -6.58. The van der Waals surface area contributed by atoms with Gasteiger partial charge in [-0.1, -0.05) is 0 Å². The fourth-order valence-corrected chi connectivity index (χ4v) is 6.53. The first kappa shape index (κ1) is 49.1. The summed E-state index contributed by atoms with van der Waals surface area (Å²) >= 11 is 0. The van der Waals surface area contributed by atoms with E-state index in [1.165, 1.54) is 50.9 Å². The number of rotatable bonds is 14. The van der Waals surface area contributed by atoms with Gasteiger partial charge in [-0.05, 0) is 103 Å². The number of nitrogens with one attached hydrogen (secondary N) is 3. The molecule has 6 rings (SSSR count). The van der Waals surface area contributed by atoms with Gasteiger partial charge in [0.2, 0.25) is 29.4 Å². The molecule has 0 bridgehead atoms. The van der Waals surface area contributed by atoms with E-state index in [2.05, 4.69) is 35.9 Å². The van der Waals surface area contributed by atoms with Crippen molar-refractivity contribution in [3.05, 3.63) is 82.7 Å². The van der Waals surface area contributed by atoms with Crippen LogP contribution < -0.4 is 36.9 Å². The number of amides is 1. The predicted octanol–water partition coefficient (Wildman–Crippen LogP) is 2.64. The molecule has 21 heteroatoms. The van der Waals surface area contributed by atoms with Crippen LogP contribution in [0.25, 0.3) is 0 Å². The van der Waals surface area contributed by atoms with Gasteiger partial charge in [0.25, 0.3) is 0 Å². The van der Waals surface area contributed by atoms with Gasteiger partial charge in [0.15, 0.2) is 0 Å². The molecule has 1 amide bonds. The third kappa shape index (κ3) is 14.8. The summed E-state index contributed by atoms with van der Waals surface area (Å²) in [5.74, 6) is -1.54. The Bertz CT molecular complexity index is 2200. The average Bonchev–Trinajstić information content (AvgIpc) is 3.23. The van der Waals surface area contributed by atoms with Crippen LogP contribution in [0, 0.1) is 11.6 Å². The third-order valence-electron chi connectivity index (χ3n) is 9.69. The van der Waals surface area contributed by atoms with Gasteiger partial charge in [-0.3, -0.25) is 24.1 Å². The molecule has 2 fully saturated rings. The molecule has 63 heavy (non-hydrogen) atoms. The standard InChI is InChI=1S/C21H27FN6O3.C17H20FN5O2.C4H9NO2/c1-27(2)12-18(29)28-8-6-14(7-9-28)25-21-24-11-16(20(23)26-21)19(30)15-10-13(22)4-5-17(15)31-3;1-25-14-3-2-10(18)8-12(14)15(24)13-9-21-17(23-16(13)19)22-11-4-6-20-7-5-11;1-5(2)3-4(6)7/h4-5,10-11,14H,6-9,12H2,1-3H3,(H3,23,24,25,26);2-3,8-9,11,20H,4-7H2,1H3,(H3,19,21,22,23);3H2,1-2H3,(H,6,7). The number of hydrogen-bond acceptors (Lipinski definition) is 17. The Kier molecular flexibility index (Phi) is 18.4. The van der Waals surface area contributed by atoms with Crippen LogP contribution in [0.1, 0.15) is 57.5 Å². The van der Waals surface area contributed by atoms with Gasteiger partial charge in [-0.2, -0.15) is 9.97 Å². The van der Waals surface area contributed by atoms with Crippen LogP contribution in [-0.2, 0) is 9.59 Å². The highest BCUT2D eigenvalue weighted by atomic mass is 19.1. The van der Waals surface area contributed by atoms with Crippen LogP contribution in [0.2, 0.25) is 0 Å². The highest BCUT2D eigenvalue weighted by Crippen LogP contribution is 2.27. The van der Waals surface area contributed by atoms with Crippen molar-refractivity contribution < 1.29 is 42.5 Å². The molecule has 2 aliphatic heterocycles. The largest absolute Gasteiger partial charge is 0.496 e. The summed E-state index contributed by atoms with van der Waals surface area (Å²) in [6.07, 6.45) is 6.12. The molecule has 2 aromatic heterocycles. The Balaban J connectivity index is 0.000000244. The molecule has 0 atom stereocenters. The first-order chi connectivity index (χ1) is 30.0. The number of nitrogens with two attached hydrogens (primary N) is 2. The first-order valence-electron chi connectivity index (χ1n) is 20.0. The Morgan fingerprint density at radius 2 is 1.16 bits per heavy atom. The number of carbonyl (C=O) groups is 4. The fourth-order valence-electron chi connectivity index (χ4n) is 6.53. The number of piperidine rings is 2. The van der Waals surface area contributed by atoms with Crippen molar-refractivity contribution in [1.82, 2.24) is 40.0 Å². The summed E-state index contributed by atoms with van der Waals surface area (Å²) in [6, 6.07) is 7.78. The lowest BCUT2D eigenvalue weighted by Gasteiger charge is -2.33. The van der Waals surface area contributed by atoms with Gasteiger partial charge in [-0.15, -0.1) is 0 Å². The molecule has 2 aromatic carbocycles. The predicted molar refractivity (Wildman–Crippen MR) is 233 cm³/mol. The Labute approximate surface area is 364 Å². The van der Waals surface area contributed by atoms with Crippen LogP contribution in [0.15, 0.2) is 48.8 Å². The zero-order valence-electron chi connectivity index (χ0n) is 36.3. The van der Waals surface area contributed by atoms with Crippen molar-refractivity contribution in [3.8, 4) is 11.5 Å². The number of carboxylic acid groups (broad SMARTS) is 1. The minimum absolute atomic E-state index is 0.00703. The van der Waals surface area contributed by atoms with Gasteiger partial charge in [-0.25, -0.2) is 18.7 Å². The maximum Gasteiger partial charge on any atom is 0.317 e. The van der Waals surface area contributed by atoms with Crippen molar-refractivity contribution in [2.75, 3.05) is 104 Å². The van der Waals surface area contributed by atoms with Gasteiger partial charge in [0.1, 0.15) is 34.8 Å². The fraction of sp³-hybridized carbons (Fsp3) is 0.429. The minimum atomic E-state index is -0.787. The van der Waals surface area contributed by atoms with E-state index >= 15 is 0 Å². The van der Waals surface area contributed by atoms with E-state index in [9.17, 15) is 28.0 Å². The summed E-state index contributed by atoms with van der Waals surface area (Å²) in [5.41, 5.74) is 12.2. The number of hydrogen-bond donors (Lipinski definition) is 6.